The molecule has 3 nitrogen and oxygen atoms in total. The highest BCUT2D eigenvalue weighted by Gasteiger charge is 2.09. The van der Waals surface area contributed by atoms with Gasteiger partial charge in [0.2, 0.25) is 0 Å². The van der Waals surface area contributed by atoms with Crippen LogP contribution in [-0.2, 0) is 6.54 Å². The number of fused-ring (bicyclic) bond motifs is 1. The summed E-state index contributed by atoms with van der Waals surface area (Å²) in [4.78, 5) is 0. The summed E-state index contributed by atoms with van der Waals surface area (Å²) in [7, 11) is 1.60. The molecule has 1 heterocycles. The molecule has 0 atom stereocenters. The number of benzene rings is 2. The van der Waals surface area contributed by atoms with Gasteiger partial charge >= 0.3 is 0 Å². The molecule has 0 saturated carbocycles. The lowest BCUT2D eigenvalue weighted by Crippen LogP contribution is -1.99. The Hall–Kier alpha value is -2.20. The molecule has 0 aliphatic carbocycles. The fourth-order valence-electron chi connectivity index (χ4n) is 2.15. The molecule has 3 aromatic rings. The summed E-state index contributed by atoms with van der Waals surface area (Å²) >= 11 is 6.01. The molecule has 0 fully saturated rings. The van der Waals surface area contributed by atoms with Crippen molar-refractivity contribution in [2.24, 2.45) is 0 Å². The Morgan fingerprint density at radius 2 is 2.10 bits per heavy atom. The van der Waals surface area contributed by atoms with E-state index < -0.39 is 0 Å². The van der Waals surface area contributed by atoms with Crippen molar-refractivity contribution in [3.05, 3.63) is 59.1 Å². The molecule has 2 aromatic carbocycles. The van der Waals surface area contributed by atoms with Gasteiger partial charge in [-0.1, -0.05) is 23.7 Å². The van der Waals surface area contributed by atoms with E-state index in [4.69, 9.17) is 20.8 Å². The predicted octanol–water partition coefficient (Wildman–Crippen LogP) is 4.85. The third-order valence-electron chi connectivity index (χ3n) is 3.16. The molecule has 0 aliphatic heterocycles. The molecule has 1 N–H and O–H groups in total. The first kappa shape index (κ1) is 13.8. The zero-order chi connectivity index (χ0) is 14.8. The van der Waals surface area contributed by atoms with Gasteiger partial charge in [-0.15, -0.1) is 0 Å². The largest absolute Gasteiger partial charge is 0.493 e. The summed E-state index contributed by atoms with van der Waals surface area (Å²) < 4.78 is 24.2. The Kier molecular flexibility index (Phi) is 3.71. The van der Waals surface area contributed by atoms with E-state index in [1.54, 1.807) is 7.11 Å². The van der Waals surface area contributed by atoms with Crippen molar-refractivity contribution in [1.82, 2.24) is 0 Å². The molecular weight excluding hydrogens is 293 g/mol. The van der Waals surface area contributed by atoms with E-state index in [-0.39, 0.29) is 5.82 Å². The quantitative estimate of drug-likeness (QED) is 0.748. The Morgan fingerprint density at radius 3 is 2.90 bits per heavy atom. The number of para-hydroxylation sites is 1. The van der Waals surface area contributed by atoms with Crippen molar-refractivity contribution in [3.8, 4) is 5.75 Å². The first-order valence-corrected chi connectivity index (χ1v) is 6.79. The van der Waals surface area contributed by atoms with Gasteiger partial charge in [-0.2, -0.15) is 0 Å². The molecule has 21 heavy (non-hydrogen) atoms. The molecule has 0 saturated heterocycles. The number of nitrogens with one attached hydrogen (secondary N) is 1. The predicted molar refractivity (Wildman–Crippen MR) is 81.5 cm³/mol. The number of ether oxygens (including phenoxy) is 1. The number of hydrogen-bond donors (Lipinski definition) is 1. The van der Waals surface area contributed by atoms with Gasteiger partial charge in [-0.3, -0.25) is 0 Å². The van der Waals surface area contributed by atoms with Crippen molar-refractivity contribution >= 4 is 28.3 Å². The normalized spacial score (nSPS) is 10.8. The minimum Gasteiger partial charge on any atom is -0.493 e. The number of anilines is 1. The lowest BCUT2D eigenvalue weighted by molar-refractivity contribution is 0.408. The van der Waals surface area contributed by atoms with Gasteiger partial charge in [0.05, 0.1) is 24.4 Å². The van der Waals surface area contributed by atoms with Gasteiger partial charge < -0.3 is 14.5 Å². The van der Waals surface area contributed by atoms with Crippen LogP contribution in [0.5, 0.6) is 5.75 Å². The Bertz CT molecular complexity index is 785. The second-order valence-corrected chi connectivity index (χ2v) is 4.98. The molecule has 108 valence electrons. The maximum atomic E-state index is 13.2. The second kappa shape index (κ2) is 5.66. The summed E-state index contributed by atoms with van der Waals surface area (Å²) in [5.41, 5.74) is 1.23. The van der Waals surface area contributed by atoms with Gasteiger partial charge in [-0.25, -0.2) is 4.39 Å². The second-order valence-electron chi connectivity index (χ2n) is 4.57. The molecular formula is C16H13ClFNO2. The Morgan fingerprint density at radius 1 is 1.24 bits per heavy atom. The number of halogens is 2. The van der Waals surface area contributed by atoms with Gasteiger partial charge in [0.25, 0.3) is 0 Å². The summed E-state index contributed by atoms with van der Waals surface area (Å²) in [5.74, 6) is 1.06. The number of rotatable bonds is 4. The zero-order valence-electron chi connectivity index (χ0n) is 11.3. The number of hydrogen-bond acceptors (Lipinski definition) is 3. The van der Waals surface area contributed by atoms with Crippen LogP contribution < -0.4 is 10.1 Å². The SMILES string of the molecule is COc1cccc2cc(CNc3cc(F)ccc3Cl)oc12. The standard InChI is InChI=1S/C16H13ClFNO2/c1-20-15-4-2-3-10-7-12(21-16(10)15)9-19-14-8-11(18)5-6-13(14)17/h2-8,19H,9H2,1H3. The third kappa shape index (κ3) is 2.81. The molecule has 0 radical (unpaired) electrons. The third-order valence-corrected chi connectivity index (χ3v) is 3.49. The minimum atomic E-state index is -0.340. The van der Waals surface area contributed by atoms with Crippen LogP contribution in [0.15, 0.2) is 46.9 Å². The van der Waals surface area contributed by atoms with Crippen LogP contribution in [0.3, 0.4) is 0 Å². The number of methoxy groups -OCH3 is 1. The van der Waals surface area contributed by atoms with E-state index in [0.717, 1.165) is 11.1 Å². The molecule has 0 spiro atoms. The van der Waals surface area contributed by atoms with Gasteiger partial charge in [0.15, 0.2) is 11.3 Å². The summed E-state index contributed by atoms with van der Waals surface area (Å²) in [6.07, 6.45) is 0. The van der Waals surface area contributed by atoms with Crippen LogP contribution in [0.4, 0.5) is 10.1 Å². The molecule has 5 heteroatoms. The van der Waals surface area contributed by atoms with Crippen LogP contribution in [-0.4, -0.2) is 7.11 Å². The van der Waals surface area contributed by atoms with Crippen molar-refractivity contribution in [2.75, 3.05) is 12.4 Å². The average Bonchev–Trinajstić information content (AvgIpc) is 2.91. The Balaban J connectivity index is 1.84. The van der Waals surface area contributed by atoms with E-state index in [9.17, 15) is 4.39 Å². The first-order valence-electron chi connectivity index (χ1n) is 6.42. The smallest absolute Gasteiger partial charge is 0.176 e. The van der Waals surface area contributed by atoms with E-state index in [0.29, 0.717) is 28.6 Å². The summed E-state index contributed by atoms with van der Waals surface area (Å²) in [5, 5.41) is 4.48. The van der Waals surface area contributed by atoms with Gasteiger partial charge in [-0.05, 0) is 30.3 Å². The molecule has 0 aliphatic rings. The molecule has 0 amide bonds. The molecule has 0 bridgehead atoms. The number of furan rings is 1. The van der Waals surface area contributed by atoms with Crippen molar-refractivity contribution in [2.45, 2.75) is 6.54 Å². The van der Waals surface area contributed by atoms with Crippen LogP contribution >= 0.6 is 11.6 Å². The molecule has 3 rings (SSSR count). The maximum absolute atomic E-state index is 13.2. The topological polar surface area (TPSA) is 34.4 Å². The van der Waals surface area contributed by atoms with Crippen molar-refractivity contribution < 1.29 is 13.5 Å². The average molecular weight is 306 g/mol. The van der Waals surface area contributed by atoms with Gasteiger partial charge in [0, 0.05) is 5.39 Å². The first-order chi connectivity index (χ1) is 10.2. The van der Waals surface area contributed by atoms with Crippen LogP contribution in [0.1, 0.15) is 5.76 Å². The lowest BCUT2D eigenvalue weighted by Gasteiger charge is -2.06. The Labute approximate surface area is 126 Å². The van der Waals surface area contributed by atoms with Crippen molar-refractivity contribution in [3.63, 3.8) is 0 Å². The van der Waals surface area contributed by atoms with Crippen LogP contribution in [0.25, 0.3) is 11.0 Å². The van der Waals surface area contributed by atoms with E-state index in [2.05, 4.69) is 5.32 Å². The lowest BCUT2D eigenvalue weighted by atomic mass is 10.2. The zero-order valence-corrected chi connectivity index (χ0v) is 12.1. The highest BCUT2D eigenvalue weighted by atomic mass is 35.5. The van der Waals surface area contributed by atoms with E-state index in [1.165, 1.54) is 18.2 Å². The molecule has 0 unspecified atom stereocenters. The molecule has 1 aromatic heterocycles. The highest BCUT2D eigenvalue weighted by molar-refractivity contribution is 6.33. The minimum absolute atomic E-state index is 0.340. The van der Waals surface area contributed by atoms with E-state index >= 15 is 0 Å². The maximum Gasteiger partial charge on any atom is 0.176 e. The fourth-order valence-corrected chi connectivity index (χ4v) is 2.34. The van der Waals surface area contributed by atoms with Crippen LogP contribution in [0, 0.1) is 5.82 Å². The van der Waals surface area contributed by atoms with E-state index in [1.807, 2.05) is 24.3 Å². The monoisotopic (exact) mass is 305 g/mol. The highest BCUT2D eigenvalue weighted by Crippen LogP contribution is 2.29. The van der Waals surface area contributed by atoms with Crippen LogP contribution in [0.2, 0.25) is 5.02 Å². The fraction of sp³-hybridized carbons (Fsp3) is 0.125. The van der Waals surface area contributed by atoms with Gasteiger partial charge in [0.1, 0.15) is 11.6 Å². The van der Waals surface area contributed by atoms with Crippen molar-refractivity contribution in [1.29, 1.82) is 0 Å². The summed E-state index contributed by atoms with van der Waals surface area (Å²) in [6.45, 7) is 0.404. The summed E-state index contributed by atoms with van der Waals surface area (Å²) in [6, 6.07) is 11.8.